The van der Waals surface area contributed by atoms with Crippen LogP contribution in [0.1, 0.15) is 68.2 Å². The normalized spacial score (nSPS) is 27.1. The van der Waals surface area contributed by atoms with Crippen LogP contribution in [-0.4, -0.2) is 77.4 Å². The third kappa shape index (κ3) is 6.82. The molecule has 25 heavy (non-hydrogen) atoms. The number of piperazine rings is 1. The fourth-order valence-electron chi connectivity index (χ4n) is 4.00. The predicted molar refractivity (Wildman–Crippen MR) is 107 cm³/mol. The Morgan fingerprint density at radius 1 is 0.960 bits per heavy atom. The molecule has 1 aliphatic carbocycles. The minimum Gasteiger partial charge on any atom is -0.373 e. The van der Waals surface area contributed by atoms with E-state index in [1.807, 2.05) is 0 Å². The summed E-state index contributed by atoms with van der Waals surface area (Å²) in [5.41, 5.74) is 0.303. The zero-order valence-corrected chi connectivity index (χ0v) is 18.1. The van der Waals surface area contributed by atoms with Gasteiger partial charge in [0.2, 0.25) is 0 Å². The van der Waals surface area contributed by atoms with Gasteiger partial charge >= 0.3 is 0 Å². The Hall–Kier alpha value is -0.160. The Balaban J connectivity index is 1.74. The van der Waals surface area contributed by atoms with Crippen LogP contribution in [0, 0.1) is 5.92 Å². The Labute approximate surface area is 156 Å². The standard InChI is InChI=1S/C21H43N3O/c1-17(2)23(15-18-13-19(14-18)25-21(6,7)8)16-22-9-11-24(12-10-22)20(3,4)5/h17-19H,9-16H2,1-8H3. The molecule has 4 nitrogen and oxygen atoms in total. The molecule has 0 aromatic rings. The van der Waals surface area contributed by atoms with Crippen LogP contribution in [-0.2, 0) is 4.74 Å². The third-order valence-corrected chi connectivity index (χ3v) is 5.64. The van der Waals surface area contributed by atoms with Crippen molar-refractivity contribution in [1.82, 2.24) is 14.7 Å². The Morgan fingerprint density at radius 3 is 1.96 bits per heavy atom. The Morgan fingerprint density at radius 2 is 1.52 bits per heavy atom. The van der Waals surface area contributed by atoms with E-state index in [4.69, 9.17) is 4.74 Å². The van der Waals surface area contributed by atoms with Crippen molar-refractivity contribution in [1.29, 1.82) is 0 Å². The smallest absolute Gasteiger partial charge is 0.0602 e. The molecule has 4 heteroatoms. The summed E-state index contributed by atoms with van der Waals surface area (Å²) >= 11 is 0. The van der Waals surface area contributed by atoms with Gasteiger partial charge in [0.25, 0.3) is 0 Å². The van der Waals surface area contributed by atoms with E-state index in [0.29, 0.717) is 17.7 Å². The topological polar surface area (TPSA) is 19.0 Å². The molecule has 0 aromatic heterocycles. The molecule has 1 saturated heterocycles. The summed E-state index contributed by atoms with van der Waals surface area (Å²) in [6.07, 6.45) is 2.95. The first-order chi connectivity index (χ1) is 11.4. The first kappa shape index (κ1) is 21.1. The molecule has 1 heterocycles. The highest BCUT2D eigenvalue weighted by Gasteiger charge is 2.35. The molecule has 2 aliphatic rings. The Kier molecular flexibility index (Phi) is 6.97. The lowest BCUT2D eigenvalue weighted by Crippen LogP contribution is -2.56. The molecule has 0 atom stereocenters. The van der Waals surface area contributed by atoms with Gasteiger partial charge in [0.15, 0.2) is 0 Å². The van der Waals surface area contributed by atoms with Crippen molar-refractivity contribution in [3.8, 4) is 0 Å². The summed E-state index contributed by atoms with van der Waals surface area (Å²) in [7, 11) is 0. The van der Waals surface area contributed by atoms with Crippen LogP contribution in [0.25, 0.3) is 0 Å². The molecule has 0 bridgehead atoms. The van der Waals surface area contributed by atoms with E-state index in [-0.39, 0.29) is 5.60 Å². The van der Waals surface area contributed by atoms with Crippen LogP contribution in [0.5, 0.6) is 0 Å². The summed E-state index contributed by atoms with van der Waals surface area (Å²) < 4.78 is 6.11. The molecule has 1 saturated carbocycles. The van der Waals surface area contributed by atoms with Gasteiger partial charge in [-0.2, -0.15) is 0 Å². The van der Waals surface area contributed by atoms with E-state index >= 15 is 0 Å². The first-order valence-corrected chi connectivity index (χ1v) is 10.3. The number of ether oxygens (including phenoxy) is 1. The molecule has 2 rings (SSSR count). The lowest BCUT2D eigenvalue weighted by molar-refractivity contribution is -0.118. The molecule has 2 fully saturated rings. The molecular weight excluding hydrogens is 310 g/mol. The van der Waals surface area contributed by atoms with Gasteiger partial charge < -0.3 is 4.74 Å². The lowest BCUT2D eigenvalue weighted by Gasteiger charge is -2.46. The summed E-state index contributed by atoms with van der Waals surface area (Å²) in [5.74, 6) is 0.811. The quantitative estimate of drug-likeness (QED) is 0.725. The highest BCUT2D eigenvalue weighted by atomic mass is 16.5. The van der Waals surface area contributed by atoms with Crippen molar-refractivity contribution >= 4 is 0 Å². The van der Waals surface area contributed by atoms with Crippen molar-refractivity contribution < 1.29 is 4.74 Å². The average Bonchev–Trinajstić information content (AvgIpc) is 2.42. The maximum absolute atomic E-state index is 6.11. The summed E-state index contributed by atoms with van der Waals surface area (Å²) in [5, 5.41) is 0. The predicted octanol–water partition coefficient (Wildman–Crippen LogP) is 3.66. The van der Waals surface area contributed by atoms with Gasteiger partial charge in [0.05, 0.1) is 18.4 Å². The van der Waals surface area contributed by atoms with Gasteiger partial charge in [-0.05, 0) is 74.1 Å². The van der Waals surface area contributed by atoms with Crippen LogP contribution in [0.15, 0.2) is 0 Å². The van der Waals surface area contributed by atoms with E-state index in [1.165, 1.54) is 45.6 Å². The van der Waals surface area contributed by atoms with E-state index in [2.05, 4.69) is 70.1 Å². The van der Waals surface area contributed by atoms with Gasteiger partial charge in [0, 0.05) is 44.3 Å². The number of hydrogen-bond donors (Lipinski definition) is 0. The molecule has 0 amide bonds. The van der Waals surface area contributed by atoms with Crippen molar-refractivity contribution in [3.05, 3.63) is 0 Å². The van der Waals surface area contributed by atoms with E-state index in [1.54, 1.807) is 0 Å². The zero-order chi connectivity index (χ0) is 18.8. The molecule has 0 N–H and O–H groups in total. The van der Waals surface area contributed by atoms with Gasteiger partial charge in [-0.1, -0.05) is 0 Å². The zero-order valence-electron chi connectivity index (χ0n) is 18.1. The van der Waals surface area contributed by atoms with Crippen LogP contribution >= 0.6 is 0 Å². The SMILES string of the molecule is CC(C)N(CC1CC(OC(C)(C)C)C1)CN1CCN(C(C)(C)C)CC1. The minimum absolute atomic E-state index is 0.000101. The molecule has 0 spiro atoms. The number of nitrogens with zero attached hydrogens (tertiary/aromatic N) is 3. The maximum Gasteiger partial charge on any atom is 0.0602 e. The maximum atomic E-state index is 6.11. The van der Waals surface area contributed by atoms with Crippen molar-refractivity contribution in [2.75, 3.05) is 39.4 Å². The third-order valence-electron chi connectivity index (χ3n) is 5.64. The molecule has 0 unspecified atom stereocenters. The van der Waals surface area contributed by atoms with E-state index < -0.39 is 0 Å². The number of hydrogen-bond acceptors (Lipinski definition) is 4. The lowest BCUT2D eigenvalue weighted by atomic mass is 9.81. The van der Waals surface area contributed by atoms with Crippen LogP contribution in [0.2, 0.25) is 0 Å². The summed E-state index contributed by atoms with van der Waals surface area (Å²) in [4.78, 5) is 7.93. The summed E-state index contributed by atoms with van der Waals surface area (Å²) in [6.45, 7) is 25.3. The molecular formula is C21H43N3O. The molecule has 1 aliphatic heterocycles. The first-order valence-electron chi connectivity index (χ1n) is 10.3. The van der Waals surface area contributed by atoms with E-state index in [0.717, 1.165) is 12.6 Å². The second-order valence-corrected chi connectivity index (χ2v) is 10.5. The van der Waals surface area contributed by atoms with Crippen molar-refractivity contribution in [3.63, 3.8) is 0 Å². The summed E-state index contributed by atoms with van der Waals surface area (Å²) in [6, 6.07) is 0.614. The number of rotatable bonds is 6. The fraction of sp³-hybridized carbons (Fsp3) is 1.00. The van der Waals surface area contributed by atoms with Gasteiger partial charge in [-0.15, -0.1) is 0 Å². The van der Waals surface area contributed by atoms with Crippen molar-refractivity contribution in [2.45, 2.75) is 91.5 Å². The highest BCUT2D eigenvalue weighted by Crippen LogP contribution is 2.34. The Bertz CT molecular complexity index is 396. The van der Waals surface area contributed by atoms with Crippen LogP contribution < -0.4 is 0 Å². The average molecular weight is 354 g/mol. The largest absolute Gasteiger partial charge is 0.373 e. The van der Waals surface area contributed by atoms with Gasteiger partial charge in [0.1, 0.15) is 0 Å². The van der Waals surface area contributed by atoms with Crippen LogP contribution in [0.3, 0.4) is 0 Å². The van der Waals surface area contributed by atoms with Crippen molar-refractivity contribution in [2.24, 2.45) is 5.92 Å². The highest BCUT2D eigenvalue weighted by molar-refractivity contribution is 4.86. The fourth-order valence-corrected chi connectivity index (χ4v) is 4.00. The van der Waals surface area contributed by atoms with Gasteiger partial charge in [-0.3, -0.25) is 14.7 Å². The molecule has 0 aromatic carbocycles. The second-order valence-electron chi connectivity index (χ2n) is 10.5. The van der Waals surface area contributed by atoms with E-state index in [9.17, 15) is 0 Å². The minimum atomic E-state index is 0.000101. The molecule has 0 radical (unpaired) electrons. The van der Waals surface area contributed by atoms with Gasteiger partial charge in [-0.25, -0.2) is 0 Å². The molecule has 148 valence electrons. The monoisotopic (exact) mass is 353 g/mol. The van der Waals surface area contributed by atoms with Crippen LogP contribution in [0.4, 0.5) is 0 Å². The second kappa shape index (κ2) is 8.24.